The fourth-order valence-corrected chi connectivity index (χ4v) is 0.203. The molecule has 0 aliphatic rings. The summed E-state index contributed by atoms with van der Waals surface area (Å²) in [5, 5.41) is 33.2. The third-order valence-corrected chi connectivity index (χ3v) is 0.629. The highest BCUT2D eigenvalue weighted by molar-refractivity contribution is 5.82. The van der Waals surface area contributed by atoms with E-state index in [1.807, 2.05) is 0 Å². The SMILES string of the molecule is [2H]C(O)(C(=O)O)C([2H])(O)C(=O)O. The first-order valence-corrected chi connectivity index (χ1v) is 2.05. The number of carboxylic acids is 2. The molecule has 6 heteroatoms. The lowest BCUT2D eigenvalue weighted by molar-refractivity contribution is -0.165. The summed E-state index contributed by atoms with van der Waals surface area (Å²) in [7, 11) is 0. The van der Waals surface area contributed by atoms with Crippen LogP contribution in [-0.2, 0) is 9.59 Å². The number of rotatable bonds is 3. The second-order valence-electron chi connectivity index (χ2n) is 1.31. The first kappa shape index (κ1) is 5.63. The van der Waals surface area contributed by atoms with Gasteiger partial charge in [0.05, 0.1) is 2.74 Å². The minimum absolute atomic E-state index is 2.32. The van der Waals surface area contributed by atoms with Gasteiger partial charge in [0.15, 0.2) is 12.2 Å². The number of aliphatic carboxylic acids is 2. The number of hydrogen-bond donors (Lipinski definition) is 4. The zero-order chi connectivity index (χ0) is 10.2. The van der Waals surface area contributed by atoms with Crippen LogP contribution in [0.3, 0.4) is 0 Å². The van der Waals surface area contributed by atoms with Crippen LogP contribution in [0.15, 0.2) is 0 Å². The quantitative estimate of drug-likeness (QED) is 0.367. The van der Waals surface area contributed by atoms with Gasteiger partial charge in [0, 0.05) is 0 Å². The standard InChI is InChI=1S/C4H6O6/c5-1(3(7)8)2(6)4(9)10/h1-2,5-6H,(H,7,8)(H,9,10)/i1D,2D. The van der Waals surface area contributed by atoms with E-state index in [-0.39, 0.29) is 0 Å². The maximum Gasteiger partial charge on any atom is 0.335 e. The van der Waals surface area contributed by atoms with Gasteiger partial charge >= 0.3 is 11.9 Å². The Kier molecular flexibility index (Phi) is 1.77. The van der Waals surface area contributed by atoms with E-state index in [0.717, 1.165) is 0 Å². The zero-order valence-corrected chi connectivity index (χ0v) is 4.61. The number of aliphatic hydroxyl groups is 2. The lowest BCUT2D eigenvalue weighted by Gasteiger charge is -2.07. The van der Waals surface area contributed by atoms with Gasteiger partial charge < -0.3 is 20.4 Å². The zero-order valence-electron chi connectivity index (χ0n) is 6.61. The molecule has 0 saturated heterocycles. The van der Waals surface area contributed by atoms with Gasteiger partial charge in [-0.05, 0) is 0 Å². The Bertz CT molecular complexity index is 198. The van der Waals surface area contributed by atoms with E-state index in [1.165, 1.54) is 0 Å². The second-order valence-corrected chi connectivity index (χ2v) is 1.31. The summed E-state index contributed by atoms with van der Waals surface area (Å²) < 4.78 is 12.9. The molecule has 0 spiro atoms. The van der Waals surface area contributed by atoms with Crippen LogP contribution in [0, 0.1) is 0 Å². The average molecular weight is 152 g/mol. The van der Waals surface area contributed by atoms with Crippen LogP contribution in [0.25, 0.3) is 0 Å². The Balaban J connectivity index is 5.01. The average Bonchev–Trinajstić information content (AvgIpc) is 1.86. The minimum Gasteiger partial charge on any atom is -0.479 e. The molecule has 0 saturated carbocycles. The van der Waals surface area contributed by atoms with E-state index in [1.54, 1.807) is 0 Å². The number of carbonyl (C=O) groups is 2. The highest BCUT2D eigenvalue weighted by atomic mass is 16.4. The van der Waals surface area contributed by atoms with E-state index in [4.69, 9.17) is 23.2 Å². The lowest BCUT2D eigenvalue weighted by Crippen LogP contribution is -2.39. The monoisotopic (exact) mass is 152 g/mol. The molecular formula is C4H6O6. The van der Waals surface area contributed by atoms with Gasteiger partial charge in [-0.1, -0.05) is 0 Å². The van der Waals surface area contributed by atoms with Crippen LogP contribution >= 0.6 is 0 Å². The van der Waals surface area contributed by atoms with Crippen molar-refractivity contribution in [3.05, 3.63) is 0 Å². The summed E-state index contributed by atoms with van der Waals surface area (Å²) in [6.07, 6.45) is -7.59. The smallest absolute Gasteiger partial charge is 0.335 e. The Hall–Kier alpha value is -1.14. The van der Waals surface area contributed by atoms with Gasteiger partial charge in [0.1, 0.15) is 0 Å². The van der Waals surface area contributed by atoms with E-state index < -0.39 is 24.1 Å². The molecule has 58 valence electrons. The van der Waals surface area contributed by atoms with Crippen molar-refractivity contribution in [2.24, 2.45) is 0 Å². The Morgan fingerprint density at radius 2 is 1.30 bits per heavy atom. The molecule has 0 heterocycles. The highest BCUT2D eigenvalue weighted by Crippen LogP contribution is 1.92. The van der Waals surface area contributed by atoms with E-state index in [2.05, 4.69) is 0 Å². The summed E-state index contributed by atoms with van der Waals surface area (Å²) in [6.45, 7) is 0. The third kappa shape index (κ3) is 2.00. The maximum absolute atomic E-state index is 9.99. The Labute approximate surface area is 58.1 Å². The molecule has 0 aromatic carbocycles. The normalized spacial score (nSPS) is 25.0. The van der Waals surface area contributed by atoms with E-state index in [9.17, 15) is 9.59 Å². The van der Waals surface area contributed by atoms with Gasteiger partial charge in [-0.15, -0.1) is 0 Å². The first-order chi connectivity index (χ1) is 5.14. The van der Waals surface area contributed by atoms with Gasteiger partial charge in [-0.3, -0.25) is 0 Å². The number of carboxylic acid groups (broad SMARTS) is 2. The van der Waals surface area contributed by atoms with Crippen molar-refractivity contribution >= 4 is 11.9 Å². The molecular weight excluding hydrogens is 144 g/mol. The third-order valence-electron chi connectivity index (χ3n) is 0.629. The maximum atomic E-state index is 9.99. The fraction of sp³-hybridized carbons (Fsp3) is 0.500. The van der Waals surface area contributed by atoms with Crippen LogP contribution in [-0.4, -0.2) is 44.5 Å². The van der Waals surface area contributed by atoms with Gasteiger partial charge in [0.2, 0.25) is 0 Å². The van der Waals surface area contributed by atoms with E-state index in [0.29, 0.717) is 0 Å². The second kappa shape index (κ2) is 3.14. The van der Waals surface area contributed by atoms with Crippen LogP contribution in [0.4, 0.5) is 0 Å². The molecule has 2 atom stereocenters. The Morgan fingerprint density at radius 3 is 1.40 bits per heavy atom. The largest absolute Gasteiger partial charge is 0.479 e. The fourth-order valence-electron chi connectivity index (χ4n) is 0.203. The van der Waals surface area contributed by atoms with Gasteiger partial charge in [0.25, 0.3) is 0 Å². The van der Waals surface area contributed by atoms with Crippen LogP contribution in [0.5, 0.6) is 0 Å². The van der Waals surface area contributed by atoms with Crippen molar-refractivity contribution in [1.82, 2.24) is 0 Å². The molecule has 0 rings (SSSR count). The van der Waals surface area contributed by atoms with Gasteiger partial charge in [-0.25, -0.2) is 9.59 Å². The van der Waals surface area contributed by atoms with Crippen LogP contribution in [0.2, 0.25) is 0 Å². The van der Waals surface area contributed by atoms with E-state index >= 15 is 0 Å². The molecule has 0 aromatic rings. The molecule has 0 radical (unpaired) electrons. The Morgan fingerprint density at radius 1 is 1.10 bits per heavy atom. The predicted molar refractivity (Wildman–Crippen MR) is 27.3 cm³/mol. The predicted octanol–water partition coefficient (Wildman–Crippen LogP) is -2.12. The molecule has 2 unspecified atom stereocenters. The highest BCUT2D eigenvalue weighted by Gasteiger charge is 2.29. The summed E-state index contributed by atoms with van der Waals surface area (Å²) >= 11 is 0. The molecule has 4 N–H and O–H groups in total. The molecule has 0 amide bonds. The summed E-state index contributed by atoms with van der Waals surface area (Å²) in [4.78, 5) is 20.0. The van der Waals surface area contributed by atoms with Crippen molar-refractivity contribution in [2.45, 2.75) is 12.2 Å². The minimum atomic E-state index is -3.79. The molecule has 6 nitrogen and oxygen atoms in total. The topological polar surface area (TPSA) is 115 Å². The lowest BCUT2D eigenvalue weighted by atomic mass is 10.2. The first-order valence-electron chi connectivity index (χ1n) is 3.05. The van der Waals surface area contributed by atoms with Crippen molar-refractivity contribution in [1.29, 1.82) is 0 Å². The van der Waals surface area contributed by atoms with Crippen molar-refractivity contribution in [2.75, 3.05) is 0 Å². The molecule has 0 fully saturated rings. The van der Waals surface area contributed by atoms with Crippen LogP contribution in [0.1, 0.15) is 2.74 Å². The molecule has 10 heavy (non-hydrogen) atoms. The molecule has 0 aliphatic carbocycles. The van der Waals surface area contributed by atoms with Gasteiger partial charge in [-0.2, -0.15) is 0 Å². The molecule has 0 aromatic heterocycles. The van der Waals surface area contributed by atoms with Crippen LogP contribution < -0.4 is 0 Å². The summed E-state index contributed by atoms with van der Waals surface area (Å²) in [5.41, 5.74) is 0. The number of hydrogen-bond acceptors (Lipinski definition) is 4. The molecule has 0 bridgehead atoms. The molecule has 0 aliphatic heterocycles. The summed E-state index contributed by atoms with van der Waals surface area (Å²) in [6, 6.07) is 0. The van der Waals surface area contributed by atoms with Crippen molar-refractivity contribution in [3.8, 4) is 0 Å². The summed E-state index contributed by atoms with van der Waals surface area (Å²) in [5.74, 6) is -4.63. The van der Waals surface area contributed by atoms with Crippen molar-refractivity contribution in [3.63, 3.8) is 0 Å². The van der Waals surface area contributed by atoms with Crippen molar-refractivity contribution < 1.29 is 32.8 Å².